The van der Waals surface area contributed by atoms with Gasteiger partial charge in [0.1, 0.15) is 16.5 Å². The number of anilines is 1. The van der Waals surface area contributed by atoms with E-state index in [9.17, 15) is 8.42 Å². The van der Waals surface area contributed by atoms with Gasteiger partial charge in [0.2, 0.25) is 10.0 Å². The Morgan fingerprint density at radius 2 is 1.61 bits per heavy atom. The topological polar surface area (TPSA) is 85.1 Å². The summed E-state index contributed by atoms with van der Waals surface area (Å²) < 4.78 is 33.0. The zero-order valence-corrected chi connectivity index (χ0v) is 17.9. The number of para-hydroxylation sites is 1. The molecule has 0 aliphatic carbocycles. The molecule has 5 rings (SSSR count). The van der Waals surface area contributed by atoms with E-state index in [2.05, 4.69) is 9.88 Å². The fourth-order valence-electron chi connectivity index (χ4n) is 3.27. The summed E-state index contributed by atoms with van der Waals surface area (Å²) >= 11 is 1.58. The van der Waals surface area contributed by atoms with Gasteiger partial charge in [0, 0.05) is 27.6 Å². The number of nitrogens with one attached hydrogen (secondary N) is 1. The summed E-state index contributed by atoms with van der Waals surface area (Å²) in [6, 6.07) is 24.4. The number of hydrogen-bond acceptors (Lipinski definition) is 6. The van der Waals surface area contributed by atoms with Crippen LogP contribution in [0.3, 0.4) is 0 Å². The lowest BCUT2D eigenvalue weighted by Gasteiger charge is -2.07. The maximum Gasteiger partial charge on any atom is 0.238 e. The predicted molar refractivity (Wildman–Crippen MR) is 123 cm³/mol. The van der Waals surface area contributed by atoms with Crippen LogP contribution >= 0.6 is 11.3 Å². The molecule has 1 N–H and O–H groups in total. The summed E-state index contributed by atoms with van der Waals surface area (Å²) in [5.74, 6) is -0.266. The van der Waals surface area contributed by atoms with Crippen molar-refractivity contribution in [1.29, 1.82) is 0 Å². The molecule has 0 aliphatic rings. The van der Waals surface area contributed by atoms with Crippen LogP contribution in [-0.2, 0) is 15.8 Å². The highest BCUT2D eigenvalue weighted by molar-refractivity contribution is 7.91. The minimum Gasteiger partial charge on any atom is -0.356 e. The van der Waals surface area contributed by atoms with Gasteiger partial charge in [0.05, 0.1) is 5.69 Å². The molecule has 0 radical (unpaired) electrons. The molecule has 154 valence electrons. The molecule has 0 spiro atoms. The average Bonchev–Trinajstić information content (AvgIpc) is 3.43. The van der Waals surface area contributed by atoms with Crippen LogP contribution in [0.5, 0.6) is 0 Å². The SMILES string of the molecule is O=S(=O)(Cc1noc2ccccc12)Nc1ccc(-c2csc(-c3ccccc3)n2)cc1. The van der Waals surface area contributed by atoms with E-state index in [0.29, 0.717) is 22.4 Å². The van der Waals surface area contributed by atoms with Crippen molar-refractivity contribution in [2.45, 2.75) is 5.75 Å². The smallest absolute Gasteiger partial charge is 0.238 e. The normalized spacial score (nSPS) is 11.6. The molecule has 5 aromatic rings. The molecule has 0 bridgehead atoms. The molecule has 0 amide bonds. The maximum absolute atomic E-state index is 12.6. The van der Waals surface area contributed by atoms with Crippen molar-refractivity contribution >= 4 is 38.0 Å². The lowest BCUT2D eigenvalue weighted by atomic mass is 10.1. The Morgan fingerprint density at radius 1 is 0.871 bits per heavy atom. The van der Waals surface area contributed by atoms with Crippen LogP contribution in [-0.4, -0.2) is 18.6 Å². The van der Waals surface area contributed by atoms with Crippen LogP contribution < -0.4 is 4.72 Å². The first-order chi connectivity index (χ1) is 15.1. The van der Waals surface area contributed by atoms with E-state index in [-0.39, 0.29) is 5.75 Å². The number of fused-ring (bicyclic) bond motifs is 1. The summed E-state index contributed by atoms with van der Waals surface area (Å²) in [4.78, 5) is 4.70. The molecular weight excluding hydrogens is 430 g/mol. The van der Waals surface area contributed by atoms with Gasteiger partial charge in [-0.1, -0.05) is 59.8 Å². The number of hydrogen-bond donors (Lipinski definition) is 1. The number of aromatic nitrogens is 2. The molecule has 2 aromatic heterocycles. The van der Waals surface area contributed by atoms with Gasteiger partial charge in [0.25, 0.3) is 0 Å². The zero-order chi connectivity index (χ0) is 21.3. The molecule has 8 heteroatoms. The fraction of sp³-hybridized carbons (Fsp3) is 0.0435. The van der Waals surface area contributed by atoms with E-state index in [4.69, 9.17) is 9.51 Å². The Bertz CT molecular complexity index is 1440. The van der Waals surface area contributed by atoms with Crippen LogP contribution in [0.4, 0.5) is 5.69 Å². The summed E-state index contributed by atoms with van der Waals surface area (Å²) in [5.41, 5.74) is 4.28. The van der Waals surface area contributed by atoms with Crippen LogP contribution in [0, 0.1) is 0 Å². The van der Waals surface area contributed by atoms with Gasteiger partial charge >= 0.3 is 0 Å². The second-order valence-corrected chi connectivity index (χ2v) is 9.55. The Morgan fingerprint density at radius 3 is 2.42 bits per heavy atom. The predicted octanol–water partition coefficient (Wildman–Crippen LogP) is 5.56. The summed E-state index contributed by atoms with van der Waals surface area (Å²) in [6.45, 7) is 0. The van der Waals surface area contributed by atoms with Crippen molar-refractivity contribution < 1.29 is 12.9 Å². The molecule has 0 fully saturated rings. The molecule has 31 heavy (non-hydrogen) atoms. The van der Waals surface area contributed by atoms with E-state index in [1.54, 1.807) is 35.6 Å². The number of benzene rings is 3. The Balaban J connectivity index is 1.31. The van der Waals surface area contributed by atoms with E-state index in [0.717, 1.165) is 21.8 Å². The van der Waals surface area contributed by atoms with E-state index in [1.165, 1.54) is 0 Å². The van der Waals surface area contributed by atoms with Crippen LogP contribution in [0.15, 0.2) is 88.8 Å². The minimum absolute atomic E-state index is 0.266. The maximum atomic E-state index is 12.6. The van der Waals surface area contributed by atoms with Gasteiger partial charge in [-0.25, -0.2) is 13.4 Å². The first kappa shape index (κ1) is 19.5. The molecule has 0 saturated carbocycles. The van der Waals surface area contributed by atoms with Crippen LogP contribution in [0.1, 0.15) is 5.69 Å². The third-order valence-corrected chi connectivity index (χ3v) is 6.85. The zero-order valence-electron chi connectivity index (χ0n) is 16.2. The molecule has 0 atom stereocenters. The molecule has 3 aromatic carbocycles. The molecule has 0 unspecified atom stereocenters. The van der Waals surface area contributed by atoms with Gasteiger partial charge < -0.3 is 4.52 Å². The number of rotatable bonds is 6. The fourth-order valence-corrected chi connectivity index (χ4v) is 5.24. The first-order valence-electron chi connectivity index (χ1n) is 9.53. The van der Waals surface area contributed by atoms with E-state index in [1.807, 2.05) is 60.0 Å². The van der Waals surface area contributed by atoms with Gasteiger partial charge in [-0.15, -0.1) is 11.3 Å². The Hall–Kier alpha value is -3.49. The molecule has 6 nitrogen and oxygen atoms in total. The Labute approximate surface area is 183 Å². The monoisotopic (exact) mass is 447 g/mol. The van der Waals surface area contributed by atoms with Gasteiger partial charge in [0.15, 0.2) is 5.58 Å². The highest BCUT2D eigenvalue weighted by Gasteiger charge is 2.17. The molecule has 2 heterocycles. The molecular formula is C23H17N3O3S2. The van der Waals surface area contributed by atoms with Crippen molar-refractivity contribution in [3.05, 3.63) is 89.9 Å². The van der Waals surface area contributed by atoms with Crippen molar-refractivity contribution in [1.82, 2.24) is 10.1 Å². The highest BCUT2D eigenvalue weighted by atomic mass is 32.2. The summed E-state index contributed by atoms with van der Waals surface area (Å²) in [5, 5.41) is 7.54. The lowest BCUT2D eigenvalue weighted by Crippen LogP contribution is -2.15. The number of thiazole rings is 1. The minimum atomic E-state index is -3.64. The molecule has 0 aliphatic heterocycles. The van der Waals surface area contributed by atoms with Crippen LogP contribution in [0.25, 0.3) is 32.8 Å². The third kappa shape index (κ3) is 4.21. The largest absolute Gasteiger partial charge is 0.356 e. The van der Waals surface area contributed by atoms with Gasteiger partial charge in [-0.3, -0.25) is 4.72 Å². The average molecular weight is 448 g/mol. The first-order valence-corrected chi connectivity index (χ1v) is 12.1. The van der Waals surface area contributed by atoms with Crippen molar-refractivity contribution in [2.24, 2.45) is 0 Å². The summed E-state index contributed by atoms with van der Waals surface area (Å²) in [7, 11) is -3.64. The summed E-state index contributed by atoms with van der Waals surface area (Å²) in [6.07, 6.45) is 0. The quantitative estimate of drug-likeness (QED) is 0.368. The number of nitrogens with zero attached hydrogens (tertiary/aromatic N) is 2. The Kier molecular flexibility index (Phi) is 5.01. The lowest BCUT2D eigenvalue weighted by molar-refractivity contribution is 0.448. The van der Waals surface area contributed by atoms with Gasteiger partial charge in [-0.05, 0) is 24.3 Å². The van der Waals surface area contributed by atoms with Crippen molar-refractivity contribution in [2.75, 3.05) is 4.72 Å². The van der Waals surface area contributed by atoms with E-state index >= 15 is 0 Å². The van der Waals surface area contributed by atoms with E-state index < -0.39 is 10.0 Å². The number of sulfonamides is 1. The van der Waals surface area contributed by atoms with Gasteiger partial charge in [-0.2, -0.15) is 0 Å². The van der Waals surface area contributed by atoms with Crippen molar-refractivity contribution in [3.8, 4) is 21.8 Å². The second kappa shape index (κ2) is 7.98. The highest BCUT2D eigenvalue weighted by Crippen LogP contribution is 2.29. The van der Waals surface area contributed by atoms with Crippen molar-refractivity contribution in [3.63, 3.8) is 0 Å². The standard InChI is InChI=1S/C23H17N3O3S2/c27-31(28,15-21-19-8-4-5-9-22(19)29-25-21)26-18-12-10-16(11-13-18)20-14-30-23(24-20)17-6-2-1-3-7-17/h1-14,26H,15H2. The third-order valence-electron chi connectivity index (χ3n) is 4.76. The second-order valence-electron chi connectivity index (χ2n) is 6.97. The molecule has 0 saturated heterocycles. The van der Waals surface area contributed by atoms with Crippen LogP contribution in [0.2, 0.25) is 0 Å².